The summed E-state index contributed by atoms with van der Waals surface area (Å²) < 4.78 is 5.36. The molecule has 1 atom stereocenters. The van der Waals surface area contributed by atoms with Crippen molar-refractivity contribution in [3.05, 3.63) is 82.2 Å². The molecule has 2 aromatic carbocycles. The summed E-state index contributed by atoms with van der Waals surface area (Å²) >= 11 is 0. The number of para-hydroxylation sites is 1. The maximum atomic E-state index is 12.4. The molecule has 0 saturated carbocycles. The van der Waals surface area contributed by atoms with Crippen molar-refractivity contribution in [2.75, 3.05) is 0 Å². The third-order valence-corrected chi connectivity index (χ3v) is 3.54. The number of aliphatic hydroxyl groups is 1. The number of benzene rings is 2. The van der Waals surface area contributed by atoms with Gasteiger partial charge in [0, 0.05) is 12.0 Å². The first-order chi connectivity index (χ1) is 10.7. The molecular weight excluding hydrogens is 280 g/mol. The van der Waals surface area contributed by atoms with E-state index >= 15 is 0 Å². The lowest BCUT2D eigenvalue weighted by Crippen LogP contribution is -2.16. The van der Waals surface area contributed by atoms with Gasteiger partial charge in [0.15, 0.2) is 11.2 Å². The second-order valence-corrected chi connectivity index (χ2v) is 5.03. The molecule has 22 heavy (non-hydrogen) atoms. The predicted octanol–water partition coefficient (Wildman–Crippen LogP) is 3.10. The van der Waals surface area contributed by atoms with Gasteiger partial charge in [0.05, 0.1) is 17.1 Å². The number of hydrogen-bond donors (Lipinski definition) is 1. The van der Waals surface area contributed by atoms with Crippen molar-refractivity contribution in [1.82, 2.24) is 0 Å². The SMILES string of the molecule is O=C(CC(O)c1coc2ccccc2c1=O)c1ccccc1. The lowest BCUT2D eigenvalue weighted by molar-refractivity contribution is 0.0877. The Morgan fingerprint density at radius 1 is 1.05 bits per heavy atom. The molecule has 0 amide bonds. The van der Waals surface area contributed by atoms with Crippen LogP contribution in [0.25, 0.3) is 11.0 Å². The molecule has 4 heteroatoms. The highest BCUT2D eigenvalue weighted by molar-refractivity contribution is 5.96. The number of carbonyl (C=O) groups excluding carboxylic acids is 1. The zero-order valence-electron chi connectivity index (χ0n) is 11.7. The molecule has 3 aromatic rings. The second-order valence-electron chi connectivity index (χ2n) is 5.03. The van der Waals surface area contributed by atoms with Gasteiger partial charge in [-0.2, -0.15) is 0 Å². The summed E-state index contributed by atoms with van der Waals surface area (Å²) in [5.74, 6) is -0.222. The number of rotatable bonds is 4. The van der Waals surface area contributed by atoms with E-state index in [0.717, 1.165) is 0 Å². The van der Waals surface area contributed by atoms with Crippen LogP contribution < -0.4 is 5.43 Å². The van der Waals surface area contributed by atoms with Crippen LogP contribution in [0.5, 0.6) is 0 Å². The molecule has 1 N–H and O–H groups in total. The van der Waals surface area contributed by atoms with Crippen LogP contribution in [-0.2, 0) is 0 Å². The van der Waals surface area contributed by atoms with Crippen molar-refractivity contribution in [2.45, 2.75) is 12.5 Å². The van der Waals surface area contributed by atoms with Gasteiger partial charge in [-0.15, -0.1) is 0 Å². The van der Waals surface area contributed by atoms with Gasteiger partial charge in [0.25, 0.3) is 0 Å². The topological polar surface area (TPSA) is 67.5 Å². The molecule has 0 bridgehead atoms. The first-order valence-electron chi connectivity index (χ1n) is 6.93. The number of hydrogen-bond acceptors (Lipinski definition) is 4. The molecule has 0 saturated heterocycles. The Kier molecular flexibility index (Phi) is 3.85. The van der Waals surface area contributed by atoms with Gasteiger partial charge in [0.1, 0.15) is 11.8 Å². The molecule has 0 aliphatic heterocycles. The monoisotopic (exact) mass is 294 g/mol. The smallest absolute Gasteiger partial charge is 0.198 e. The Morgan fingerprint density at radius 3 is 2.50 bits per heavy atom. The first kappa shape index (κ1) is 14.2. The average molecular weight is 294 g/mol. The van der Waals surface area contributed by atoms with Gasteiger partial charge in [0.2, 0.25) is 0 Å². The highest BCUT2D eigenvalue weighted by Gasteiger charge is 2.19. The van der Waals surface area contributed by atoms with Crippen LogP contribution in [0.1, 0.15) is 28.4 Å². The molecule has 0 spiro atoms. The molecular formula is C18H14O4. The van der Waals surface area contributed by atoms with Crippen LogP contribution >= 0.6 is 0 Å². The number of Topliss-reactive ketones (excluding diaryl/α,β-unsaturated/α-hetero) is 1. The Hall–Kier alpha value is -2.72. The quantitative estimate of drug-likeness (QED) is 0.751. The third kappa shape index (κ3) is 2.69. The molecule has 110 valence electrons. The zero-order chi connectivity index (χ0) is 15.5. The molecule has 1 unspecified atom stereocenters. The maximum absolute atomic E-state index is 12.4. The number of carbonyl (C=O) groups is 1. The first-order valence-corrected chi connectivity index (χ1v) is 6.93. The van der Waals surface area contributed by atoms with E-state index in [1.54, 1.807) is 48.5 Å². The Labute approximate surface area is 126 Å². The zero-order valence-corrected chi connectivity index (χ0v) is 11.7. The lowest BCUT2D eigenvalue weighted by Gasteiger charge is -2.09. The molecule has 0 aliphatic rings. The fraction of sp³-hybridized carbons (Fsp3) is 0.111. The summed E-state index contributed by atoms with van der Waals surface area (Å²) in [5.41, 5.74) is 0.753. The minimum atomic E-state index is -1.19. The number of ketones is 1. The normalized spacial score (nSPS) is 12.2. The van der Waals surface area contributed by atoms with E-state index in [4.69, 9.17) is 4.42 Å². The van der Waals surface area contributed by atoms with Gasteiger partial charge < -0.3 is 9.52 Å². The van der Waals surface area contributed by atoms with Crippen molar-refractivity contribution in [3.8, 4) is 0 Å². The van der Waals surface area contributed by atoms with Gasteiger partial charge in [-0.1, -0.05) is 42.5 Å². The number of fused-ring (bicyclic) bond motifs is 1. The summed E-state index contributed by atoms with van der Waals surface area (Å²) in [6, 6.07) is 15.5. The largest absolute Gasteiger partial charge is 0.464 e. The van der Waals surface area contributed by atoms with Crippen LogP contribution in [0, 0.1) is 0 Å². The van der Waals surface area contributed by atoms with Crippen molar-refractivity contribution < 1.29 is 14.3 Å². The molecule has 4 nitrogen and oxygen atoms in total. The van der Waals surface area contributed by atoms with Gasteiger partial charge in [-0.3, -0.25) is 9.59 Å². The van der Waals surface area contributed by atoms with Crippen LogP contribution in [-0.4, -0.2) is 10.9 Å². The minimum Gasteiger partial charge on any atom is -0.464 e. The second kappa shape index (κ2) is 5.95. The fourth-order valence-corrected chi connectivity index (χ4v) is 2.35. The van der Waals surface area contributed by atoms with E-state index in [1.807, 2.05) is 6.07 Å². The molecule has 3 rings (SSSR count). The fourth-order valence-electron chi connectivity index (χ4n) is 2.35. The van der Waals surface area contributed by atoms with E-state index in [9.17, 15) is 14.7 Å². The van der Waals surface area contributed by atoms with E-state index < -0.39 is 6.10 Å². The van der Waals surface area contributed by atoms with Crippen LogP contribution in [0.4, 0.5) is 0 Å². The van der Waals surface area contributed by atoms with Crippen molar-refractivity contribution in [1.29, 1.82) is 0 Å². The maximum Gasteiger partial charge on any atom is 0.198 e. The molecule has 1 aromatic heterocycles. The van der Waals surface area contributed by atoms with Gasteiger partial charge >= 0.3 is 0 Å². The highest BCUT2D eigenvalue weighted by atomic mass is 16.3. The predicted molar refractivity (Wildman–Crippen MR) is 82.8 cm³/mol. The van der Waals surface area contributed by atoms with Crippen molar-refractivity contribution in [2.24, 2.45) is 0 Å². The van der Waals surface area contributed by atoms with Gasteiger partial charge in [-0.25, -0.2) is 0 Å². The van der Waals surface area contributed by atoms with E-state index in [2.05, 4.69) is 0 Å². The lowest BCUT2D eigenvalue weighted by atomic mass is 10.0. The Bertz CT molecular complexity index is 865. The van der Waals surface area contributed by atoms with Crippen LogP contribution in [0.15, 0.2) is 70.1 Å². The van der Waals surface area contributed by atoms with E-state index in [0.29, 0.717) is 16.5 Å². The highest BCUT2D eigenvalue weighted by Crippen LogP contribution is 2.19. The number of aliphatic hydroxyl groups excluding tert-OH is 1. The molecule has 0 aliphatic carbocycles. The Balaban J connectivity index is 1.90. The summed E-state index contributed by atoms with van der Waals surface area (Å²) in [4.78, 5) is 24.5. The van der Waals surface area contributed by atoms with Crippen molar-refractivity contribution in [3.63, 3.8) is 0 Å². The summed E-state index contributed by atoms with van der Waals surface area (Å²) in [6.07, 6.45) is -0.116. The average Bonchev–Trinajstić information content (AvgIpc) is 2.56. The Morgan fingerprint density at radius 2 is 1.73 bits per heavy atom. The van der Waals surface area contributed by atoms with Crippen LogP contribution in [0.3, 0.4) is 0 Å². The molecule has 1 heterocycles. The summed E-state index contributed by atoms with van der Waals surface area (Å²) in [7, 11) is 0. The standard InChI is InChI=1S/C18H14O4/c19-15(12-6-2-1-3-7-12)10-16(20)14-11-22-17-9-5-4-8-13(17)18(14)21/h1-9,11,16,20H,10H2. The van der Waals surface area contributed by atoms with E-state index in [-0.39, 0.29) is 23.2 Å². The molecule has 0 fully saturated rings. The third-order valence-electron chi connectivity index (χ3n) is 3.54. The minimum absolute atomic E-state index is 0.1000. The van der Waals surface area contributed by atoms with Gasteiger partial charge in [-0.05, 0) is 12.1 Å². The van der Waals surface area contributed by atoms with E-state index in [1.165, 1.54) is 6.26 Å². The summed E-state index contributed by atoms with van der Waals surface area (Å²) in [5, 5.41) is 10.6. The molecule has 0 radical (unpaired) electrons. The van der Waals surface area contributed by atoms with Crippen LogP contribution in [0.2, 0.25) is 0 Å². The summed E-state index contributed by atoms with van der Waals surface area (Å²) in [6.45, 7) is 0. The van der Waals surface area contributed by atoms with Crippen molar-refractivity contribution >= 4 is 16.8 Å².